The van der Waals surface area contributed by atoms with Crippen LogP contribution in [0.1, 0.15) is 29.0 Å². The van der Waals surface area contributed by atoms with Gasteiger partial charge in [0.25, 0.3) is 5.91 Å². The number of rotatable bonds is 7. The Balaban J connectivity index is 1.30. The number of hydrogen-bond donors (Lipinski definition) is 1. The van der Waals surface area contributed by atoms with Crippen molar-refractivity contribution in [1.29, 1.82) is 0 Å². The Morgan fingerprint density at radius 3 is 2.74 bits per heavy atom. The third-order valence-corrected chi connectivity index (χ3v) is 5.32. The molecule has 31 heavy (non-hydrogen) atoms. The summed E-state index contributed by atoms with van der Waals surface area (Å²) in [6.07, 6.45) is 3.30. The molecule has 0 saturated heterocycles. The molecule has 2 aliphatic heterocycles. The highest BCUT2D eigenvalue weighted by Crippen LogP contribution is 2.20. The fraction of sp³-hybridized carbons (Fsp3) is 0.364. The average molecular weight is 423 g/mol. The number of aryl methyl sites for hydroxylation is 3. The first kappa shape index (κ1) is 20.6. The minimum atomic E-state index is -0.421. The molecule has 1 aromatic heterocycles. The van der Waals surface area contributed by atoms with Gasteiger partial charge in [-0.3, -0.25) is 9.69 Å². The number of hydrogen-bond acceptors (Lipinski definition) is 6. The topological polar surface area (TPSA) is 100 Å². The molecule has 3 amide bonds. The zero-order chi connectivity index (χ0) is 21.8. The molecular formula is C22H25N5O4. The van der Waals surface area contributed by atoms with Gasteiger partial charge < -0.3 is 19.5 Å². The maximum absolute atomic E-state index is 12.6. The Morgan fingerprint density at radius 2 is 2.00 bits per heavy atom. The second kappa shape index (κ2) is 9.03. The third kappa shape index (κ3) is 4.76. The number of benzene rings is 1. The number of fused-ring (bicyclic) bond motifs is 1. The van der Waals surface area contributed by atoms with Crippen molar-refractivity contribution < 1.29 is 18.8 Å². The van der Waals surface area contributed by atoms with Gasteiger partial charge in [-0.25, -0.2) is 4.79 Å². The van der Waals surface area contributed by atoms with Gasteiger partial charge in [0.15, 0.2) is 0 Å². The monoisotopic (exact) mass is 423 g/mol. The van der Waals surface area contributed by atoms with Crippen LogP contribution in [0.2, 0.25) is 0 Å². The summed E-state index contributed by atoms with van der Waals surface area (Å²) in [7, 11) is 0. The highest BCUT2D eigenvalue weighted by molar-refractivity contribution is 5.99. The first-order chi connectivity index (χ1) is 15.0. The zero-order valence-electron chi connectivity index (χ0n) is 17.6. The van der Waals surface area contributed by atoms with Crippen LogP contribution in [0.4, 0.5) is 4.79 Å². The summed E-state index contributed by atoms with van der Waals surface area (Å²) in [6, 6.07) is 9.82. The molecule has 0 atom stereocenters. The second-order valence-corrected chi connectivity index (χ2v) is 7.54. The number of urea groups is 1. The molecular weight excluding hydrogens is 398 g/mol. The van der Waals surface area contributed by atoms with E-state index in [9.17, 15) is 9.59 Å². The Kier molecular flexibility index (Phi) is 6.01. The number of carbonyl (C=O) groups excluding carboxylic acids is 2. The molecule has 0 radical (unpaired) electrons. The number of amidine groups is 1. The molecule has 0 spiro atoms. The summed E-state index contributed by atoms with van der Waals surface area (Å²) in [4.78, 5) is 32.4. The number of aliphatic imine (C=N–C) groups is 1. The molecule has 2 aliphatic rings. The van der Waals surface area contributed by atoms with E-state index < -0.39 is 6.03 Å². The van der Waals surface area contributed by atoms with Gasteiger partial charge in [0, 0.05) is 25.2 Å². The fourth-order valence-electron chi connectivity index (χ4n) is 3.50. The maximum atomic E-state index is 12.6. The number of ether oxygens (including phenoxy) is 1. The van der Waals surface area contributed by atoms with Gasteiger partial charge in [-0.15, -0.1) is 4.99 Å². The van der Waals surface area contributed by atoms with Crippen LogP contribution in [0.25, 0.3) is 0 Å². The second-order valence-electron chi connectivity index (χ2n) is 7.54. The number of nitrogens with zero attached hydrogens (tertiary/aromatic N) is 4. The molecule has 0 saturated carbocycles. The molecule has 162 valence electrons. The van der Waals surface area contributed by atoms with E-state index in [1.54, 1.807) is 16.0 Å². The van der Waals surface area contributed by atoms with E-state index in [1.807, 2.05) is 32.0 Å². The Bertz CT molecular complexity index is 1010. The van der Waals surface area contributed by atoms with E-state index in [2.05, 4.69) is 27.6 Å². The SMILES string of the molecule is Cc1noc(C)c1CN1CCN2C=C(C(=O)NCCCc3ccccc3)OC2=NC1=O. The highest BCUT2D eigenvalue weighted by Gasteiger charge is 2.32. The van der Waals surface area contributed by atoms with Crippen LogP contribution >= 0.6 is 0 Å². The minimum Gasteiger partial charge on any atom is -0.418 e. The minimum absolute atomic E-state index is 0.126. The Morgan fingerprint density at radius 1 is 1.19 bits per heavy atom. The zero-order valence-corrected chi connectivity index (χ0v) is 17.6. The van der Waals surface area contributed by atoms with Gasteiger partial charge >= 0.3 is 12.1 Å². The Hall–Kier alpha value is -3.62. The summed E-state index contributed by atoms with van der Waals surface area (Å²) in [5.41, 5.74) is 2.86. The summed E-state index contributed by atoms with van der Waals surface area (Å²) in [6.45, 7) is 5.46. The average Bonchev–Trinajstić information content (AvgIpc) is 3.27. The van der Waals surface area contributed by atoms with Crippen molar-refractivity contribution in [2.45, 2.75) is 33.2 Å². The van der Waals surface area contributed by atoms with Gasteiger partial charge in [-0.05, 0) is 32.3 Å². The lowest BCUT2D eigenvalue weighted by Crippen LogP contribution is -2.32. The lowest BCUT2D eigenvalue weighted by atomic mass is 10.1. The fourth-order valence-corrected chi connectivity index (χ4v) is 3.50. The van der Waals surface area contributed by atoms with Crippen molar-refractivity contribution in [2.24, 2.45) is 4.99 Å². The van der Waals surface area contributed by atoms with Crippen LogP contribution < -0.4 is 5.32 Å². The van der Waals surface area contributed by atoms with Gasteiger partial charge in [0.05, 0.1) is 18.4 Å². The lowest BCUT2D eigenvalue weighted by Gasteiger charge is -2.19. The molecule has 4 rings (SSSR count). The first-order valence-corrected chi connectivity index (χ1v) is 10.3. The van der Waals surface area contributed by atoms with Crippen molar-refractivity contribution in [3.8, 4) is 0 Å². The predicted octanol–water partition coefficient (Wildman–Crippen LogP) is 2.51. The molecule has 0 unspecified atom stereocenters. The molecule has 2 aromatic rings. The molecule has 3 heterocycles. The standard InChI is InChI=1S/C22H25N5O4/c1-15-18(16(2)31-25-15)13-26-11-12-27-14-19(30-22(27)24-21(26)29)20(28)23-10-6-9-17-7-4-3-5-8-17/h3-5,7-8,14H,6,9-13H2,1-2H3,(H,23,28). The summed E-state index contributed by atoms with van der Waals surface area (Å²) in [5.74, 6) is 0.513. The third-order valence-electron chi connectivity index (χ3n) is 5.32. The van der Waals surface area contributed by atoms with Crippen LogP contribution in [0.3, 0.4) is 0 Å². The van der Waals surface area contributed by atoms with Gasteiger partial charge in [0.2, 0.25) is 5.76 Å². The van der Waals surface area contributed by atoms with E-state index in [0.717, 1.165) is 24.1 Å². The van der Waals surface area contributed by atoms with Gasteiger partial charge in [0.1, 0.15) is 5.76 Å². The van der Waals surface area contributed by atoms with Crippen molar-refractivity contribution in [3.05, 3.63) is 64.9 Å². The van der Waals surface area contributed by atoms with Crippen molar-refractivity contribution in [3.63, 3.8) is 0 Å². The normalized spacial score (nSPS) is 15.7. The van der Waals surface area contributed by atoms with Crippen molar-refractivity contribution >= 4 is 18.0 Å². The molecule has 1 N–H and O–H groups in total. The molecule has 9 nitrogen and oxygen atoms in total. The van der Waals surface area contributed by atoms with E-state index in [-0.39, 0.29) is 17.7 Å². The van der Waals surface area contributed by atoms with Crippen LogP contribution in [-0.2, 0) is 22.5 Å². The molecule has 1 aromatic carbocycles. The Labute approximate surface area is 180 Å². The maximum Gasteiger partial charge on any atom is 0.348 e. The predicted molar refractivity (Wildman–Crippen MR) is 113 cm³/mol. The quantitative estimate of drug-likeness (QED) is 0.687. The molecule has 0 aliphatic carbocycles. The first-order valence-electron chi connectivity index (χ1n) is 10.3. The lowest BCUT2D eigenvalue weighted by molar-refractivity contribution is -0.119. The van der Waals surface area contributed by atoms with E-state index in [4.69, 9.17) is 9.26 Å². The summed E-state index contributed by atoms with van der Waals surface area (Å²) in [5, 5.41) is 6.78. The van der Waals surface area contributed by atoms with Crippen LogP contribution in [-0.4, -0.2) is 52.6 Å². The molecule has 0 bridgehead atoms. The van der Waals surface area contributed by atoms with Crippen molar-refractivity contribution in [1.82, 2.24) is 20.3 Å². The summed E-state index contributed by atoms with van der Waals surface area (Å²) >= 11 is 0. The number of aromatic nitrogens is 1. The van der Waals surface area contributed by atoms with Crippen LogP contribution in [0, 0.1) is 13.8 Å². The molecule has 9 heteroatoms. The van der Waals surface area contributed by atoms with Crippen LogP contribution in [0.5, 0.6) is 0 Å². The highest BCUT2D eigenvalue weighted by atomic mass is 16.5. The van der Waals surface area contributed by atoms with E-state index in [1.165, 1.54) is 5.56 Å². The van der Waals surface area contributed by atoms with E-state index in [0.29, 0.717) is 31.9 Å². The number of amides is 3. The smallest absolute Gasteiger partial charge is 0.348 e. The van der Waals surface area contributed by atoms with Gasteiger partial charge in [-0.2, -0.15) is 0 Å². The largest absolute Gasteiger partial charge is 0.418 e. The number of carbonyl (C=O) groups is 2. The van der Waals surface area contributed by atoms with Gasteiger partial charge in [-0.1, -0.05) is 35.5 Å². The molecule has 0 fully saturated rings. The van der Waals surface area contributed by atoms with Crippen LogP contribution in [0.15, 0.2) is 51.8 Å². The van der Waals surface area contributed by atoms with Crippen molar-refractivity contribution in [2.75, 3.05) is 19.6 Å². The number of nitrogens with one attached hydrogen (secondary N) is 1. The summed E-state index contributed by atoms with van der Waals surface area (Å²) < 4.78 is 10.7. The van der Waals surface area contributed by atoms with E-state index >= 15 is 0 Å².